The third kappa shape index (κ3) is 4.28. The summed E-state index contributed by atoms with van der Waals surface area (Å²) in [6, 6.07) is 8.95. The molecule has 2 aromatic rings. The lowest BCUT2D eigenvalue weighted by molar-refractivity contribution is 0.0917. The number of nitrogens with one attached hydrogen (secondary N) is 1. The van der Waals surface area contributed by atoms with Crippen molar-refractivity contribution in [1.82, 2.24) is 5.32 Å². The van der Waals surface area contributed by atoms with Crippen LogP contribution in [0.25, 0.3) is 0 Å². The number of halogens is 1. The van der Waals surface area contributed by atoms with E-state index in [4.69, 9.17) is 20.8 Å². The molecule has 0 bridgehead atoms. The van der Waals surface area contributed by atoms with Gasteiger partial charge in [-0.2, -0.15) is 0 Å². The van der Waals surface area contributed by atoms with Gasteiger partial charge in [0.2, 0.25) is 0 Å². The molecule has 1 N–H and O–H groups in total. The number of carbonyl (C=O) groups is 1. The Morgan fingerprint density at radius 1 is 1.32 bits per heavy atom. The minimum atomic E-state index is -0.214. The molecule has 2 rings (SSSR count). The Morgan fingerprint density at radius 2 is 2.09 bits per heavy atom. The molecule has 1 aromatic carbocycles. The fourth-order valence-electron chi connectivity index (χ4n) is 1.90. The monoisotopic (exact) mass is 321 g/mol. The van der Waals surface area contributed by atoms with E-state index >= 15 is 0 Å². The summed E-state index contributed by atoms with van der Waals surface area (Å²) in [6.07, 6.45) is 0. The van der Waals surface area contributed by atoms with Gasteiger partial charge in [0.05, 0.1) is 5.02 Å². The van der Waals surface area contributed by atoms with Crippen LogP contribution in [0.1, 0.15) is 35.7 Å². The van der Waals surface area contributed by atoms with Crippen molar-refractivity contribution in [2.45, 2.75) is 27.4 Å². The Morgan fingerprint density at radius 3 is 2.77 bits per heavy atom. The van der Waals surface area contributed by atoms with Gasteiger partial charge in [-0.25, -0.2) is 0 Å². The van der Waals surface area contributed by atoms with Crippen LogP contribution < -0.4 is 10.1 Å². The van der Waals surface area contributed by atoms with Crippen LogP contribution in [0.15, 0.2) is 34.7 Å². The highest BCUT2D eigenvalue weighted by atomic mass is 35.5. The predicted molar refractivity (Wildman–Crippen MR) is 86.4 cm³/mol. The number of amides is 1. The van der Waals surface area contributed by atoms with Gasteiger partial charge in [-0.05, 0) is 36.6 Å². The molecule has 22 heavy (non-hydrogen) atoms. The first-order valence-corrected chi connectivity index (χ1v) is 7.60. The number of carbonyl (C=O) groups excluding carboxylic acids is 1. The van der Waals surface area contributed by atoms with E-state index in [0.717, 1.165) is 5.56 Å². The lowest BCUT2D eigenvalue weighted by Crippen LogP contribution is -2.26. The Hall–Kier alpha value is -1.94. The molecule has 0 aliphatic carbocycles. The summed E-state index contributed by atoms with van der Waals surface area (Å²) >= 11 is 6.10. The maximum atomic E-state index is 11.9. The molecule has 0 fully saturated rings. The van der Waals surface area contributed by atoms with Crippen molar-refractivity contribution < 1.29 is 13.9 Å². The normalized spacial score (nSPS) is 10.8. The van der Waals surface area contributed by atoms with E-state index in [1.54, 1.807) is 18.2 Å². The van der Waals surface area contributed by atoms with Crippen molar-refractivity contribution in [2.75, 3.05) is 6.54 Å². The number of para-hydroxylation sites is 1. The van der Waals surface area contributed by atoms with E-state index in [9.17, 15) is 4.79 Å². The van der Waals surface area contributed by atoms with Crippen LogP contribution in [-0.4, -0.2) is 12.5 Å². The molecule has 0 spiro atoms. The fourth-order valence-corrected chi connectivity index (χ4v) is 2.18. The molecule has 0 aliphatic heterocycles. The number of aryl methyl sites for hydroxylation is 1. The summed E-state index contributed by atoms with van der Waals surface area (Å²) in [6.45, 7) is 6.83. The van der Waals surface area contributed by atoms with E-state index in [0.29, 0.717) is 29.0 Å². The standard InChI is InChI=1S/C17H20ClNO3/c1-11(2)9-19-17(20)15-8-7-13(22-15)10-21-16-12(3)5-4-6-14(16)18/h4-8,11H,9-10H2,1-3H3,(H,19,20). The lowest BCUT2D eigenvalue weighted by atomic mass is 10.2. The lowest BCUT2D eigenvalue weighted by Gasteiger charge is -2.09. The zero-order chi connectivity index (χ0) is 16.1. The summed E-state index contributed by atoms with van der Waals surface area (Å²) in [5.74, 6) is 1.68. The van der Waals surface area contributed by atoms with Gasteiger partial charge in [-0.3, -0.25) is 4.79 Å². The fraction of sp³-hybridized carbons (Fsp3) is 0.353. The third-order valence-electron chi connectivity index (χ3n) is 3.08. The molecule has 0 atom stereocenters. The minimum Gasteiger partial charge on any atom is -0.484 e. The van der Waals surface area contributed by atoms with Gasteiger partial charge in [0.1, 0.15) is 18.1 Å². The maximum absolute atomic E-state index is 11.9. The maximum Gasteiger partial charge on any atom is 0.287 e. The van der Waals surface area contributed by atoms with Crippen LogP contribution in [-0.2, 0) is 6.61 Å². The smallest absolute Gasteiger partial charge is 0.287 e. The van der Waals surface area contributed by atoms with E-state index in [2.05, 4.69) is 5.32 Å². The van der Waals surface area contributed by atoms with E-state index in [1.807, 2.05) is 32.9 Å². The van der Waals surface area contributed by atoms with Crippen LogP contribution >= 0.6 is 11.6 Å². The Bertz CT molecular complexity index is 629. The van der Waals surface area contributed by atoms with Gasteiger partial charge in [-0.1, -0.05) is 37.6 Å². The molecule has 1 amide bonds. The van der Waals surface area contributed by atoms with Crippen molar-refractivity contribution >= 4 is 17.5 Å². The second-order valence-corrected chi connectivity index (χ2v) is 5.95. The molecule has 118 valence electrons. The number of ether oxygens (including phenoxy) is 1. The molecule has 4 nitrogen and oxygen atoms in total. The van der Waals surface area contributed by atoms with E-state index < -0.39 is 0 Å². The Balaban J connectivity index is 1.96. The zero-order valence-corrected chi connectivity index (χ0v) is 13.7. The third-order valence-corrected chi connectivity index (χ3v) is 3.38. The molecular weight excluding hydrogens is 302 g/mol. The highest BCUT2D eigenvalue weighted by Crippen LogP contribution is 2.28. The Kier molecular flexibility index (Phi) is 5.50. The van der Waals surface area contributed by atoms with Gasteiger partial charge in [0.25, 0.3) is 5.91 Å². The summed E-state index contributed by atoms with van der Waals surface area (Å²) in [4.78, 5) is 11.9. The summed E-state index contributed by atoms with van der Waals surface area (Å²) in [5, 5.41) is 3.37. The first-order chi connectivity index (χ1) is 10.5. The number of hydrogen-bond donors (Lipinski definition) is 1. The van der Waals surface area contributed by atoms with Gasteiger partial charge >= 0.3 is 0 Å². The molecular formula is C17H20ClNO3. The summed E-state index contributed by atoms with van der Waals surface area (Å²) in [5.41, 5.74) is 0.953. The minimum absolute atomic E-state index is 0.214. The Labute approximate surface area is 135 Å². The highest BCUT2D eigenvalue weighted by Gasteiger charge is 2.12. The van der Waals surface area contributed by atoms with Crippen molar-refractivity contribution in [3.8, 4) is 5.75 Å². The van der Waals surface area contributed by atoms with Crippen LogP contribution in [0, 0.1) is 12.8 Å². The van der Waals surface area contributed by atoms with Crippen LogP contribution in [0.4, 0.5) is 0 Å². The first kappa shape index (κ1) is 16.4. The van der Waals surface area contributed by atoms with Crippen LogP contribution in [0.2, 0.25) is 5.02 Å². The second-order valence-electron chi connectivity index (χ2n) is 5.54. The van der Waals surface area contributed by atoms with Gasteiger partial charge in [0.15, 0.2) is 5.76 Å². The largest absolute Gasteiger partial charge is 0.484 e. The van der Waals surface area contributed by atoms with Gasteiger partial charge in [-0.15, -0.1) is 0 Å². The molecule has 1 aromatic heterocycles. The molecule has 0 unspecified atom stereocenters. The number of hydrogen-bond acceptors (Lipinski definition) is 3. The second kappa shape index (κ2) is 7.36. The topological polar surface area (TPSA) is 51.5 Å². The number of furan rings is 1. The average molecular weight is 322 g/mol. The van der Waals surface area contributed by atoms with Crippen LogP contribution in [0.3, 0.4) is 0 Å². The molecule has 5 heteroatoms. The molecule has 0 saturated heterocycles. The zero-order valence-electron chi connectivity index (χ0n) is 13.0. The van der Waals surface area contributed by atoms with Crippen LogP contribution in [0.5, 0.6) is 5.75 Å². The molecule has 0 radical (unpaired) electrons. The molecule has 0 aliphatic rings. The van der Waals surface area contributed by atoms with Gasteiger partial charge < -0.3 is 14.5 Å². The average Bonchev–Trinajstić information content (AvgIpc) is 2.93. The summed E-state index contributed by atoms with van der Waals surface area (Å²) in [7, 11) is 0. The highest BCUT2D eigenvalue weighted by molar-refractivity contribution is 6.32. The van der Waals surface area contributed by atoms with Crippen molar-refractivity contribution in [2.24, 2.45) is 5.92 Å². The number of benzene rings is 1. The van der Waals surface area contributed by atoms with E-state index in [1.165, 1.54) is 0 Å². The summed E-state index contributed by atoms with van der Waals surface area (Å²) < 4.78 is 11.2. The number of rotatable bonds is 6. The quantitative estimate of drug-likeness (QED) is 0.867. The van der Waals surface area contributed by atoms with Crippen molar-refractivity contribution in [1.29, 1.82) is 0 Å². The van der Waals surface area contributed by atoms with Crippen molar-refractivity contribution in [3.63, 3.8) is 0 Å². The first-order valence-electron chi connectivity index (χ1n) is 7.22. The SMILES string of the molecule is Cc1cccc(Cl)c1OCc1ccc(C(=O)NCC(C)C)o1. The molecule has 0 saturated carbocycles. The predicted octanol–water partition coefficient (Wildman–Crippen LogP) is 4.21. The van der Waals surface area contributed by atoms with Gasteiger partial charge in [0, 0.05) is 6.54 Å². The van der Waals surface area contributed by atoms with Crippen molar-refractivity contribution in [3.05, 3.63) is 52.4 Å². The van der Waals surface area contributed by atoms with E-state index in [-0.39, 0.29) is 18.3 Å². The molecule has 1 heterocycles.